The average molecular weight is 211 g/mol. The molecule has 1 heterocycles. The van der Waals surface area contributed by atoms with Gasteiger partial charge < -0.3 is 15.2 Å². The van der Waals surface area contributed by atoms with Crippen LogP contribution in [-0.2, 0) is 0 Å². The zero-order valence-corrected chi connectivity index (χ0v) is 7.59. The Morgan fingerprint density at radius 3 is 2.79 bits per heavy atom. The van der Waals surface area contributed by atoms with E-state index < -0.39 is 11.7 Å². The lowest BCUT2D eigenvalue weighted by atomic mass is 10.2. The molecule has 0 fully saturated rings. The van der Waals surface area contributed by atoms with Gasteiger partial charge in [0.15, 0.2) is 5.75 Å². The monoisotopic (exact) mass is 211 g/mol. The predicted molar refractivity (Wildman–Crippen MR) is 51.1 cm³/mol. The fourth-order valence-electron chi connectivity index (χ4n) is 1.18. The van der Waals surface area contributed by atoms with Crippen molar-refractivity contribution in [3.63, 3.8) is 0 Å². The highest BCUT2D eigenvalue weighted by Gasteiger charge is 2.14. The molecule has 0 spiro atoms. The quantitative estimate of drug-likeness (QED) is 0.656. The van der Waals surface area contributed by atoms with Crippen molar-refractivity contribution >= 4 is 27.5 Å². The maximum Gasteiger partial charge on any atom is 0.339 e. The Labute approximate surface area is 81.2 Å². The lowest BCUT2D eigenvalue weighted by Gasteiger charge is -1.98. The van der Waals surface area contributed by atoms with Crippen LogP contribution in [0.15, 0.2) is 16.9 Å². The van der Waals surface area contributed by atoms with Gasteiger partial charge in [-0.05, 0) is 12.1 Å². The minimum atomic E-state index is -1.23. The first-order valence-corrected chi connectivity index (χ1v) is 4.49. The SMILES string of the molecule is O=C(O)c1ccc2sc(=O)[nH]c2c1O. The standard InChI is InChI=1S/C8H5NO4S/c10-6-3(7(11)12)1-2-4-5(6)9-8(13)14-4/h1-2,10H,(H,9,13)(H,11,12). The molecule has 0 radical (unpaired) electrons. The highest BCUT2D eigenvalue weighted by Crippen LogP contribution is 2.27. The highest BCUT2D eigenvalue weighted by atomic mass is 32.1. The molecule has 0 bridgehead atoms. The van der Waals surface area contributed by atoms with E-state index >= 15 is 0 Å². The fraction of sp³-hybridized carbons (Fsp3) is 0. The zero-order valence-electron chi connectivity index (χ0n) is 6.77. The van der Waals surface area contributed by atoms with Gasteiger partial charge in [0.05, 0.1) is 4.70 Å². The number of benzene rings is 1. The fourth-order valence-corrected chi connectivity index (χ4v) is 1.92. The molecule has 0 aliphatic carbocycles. The summed E-state index contributed by atoms with van der Waals surface area (Å²) in [5, 5.41) is 18.2. The molecule has 1 aromatic carbocycles. The van der Waals surface area contributed by atoms with E-state index in [4.69, 9.17) is 5.11 Å². The predicted octanol–water partition coefficient (Wildman–Crippen LogP) is 0.993. The number of aromatic hydroxyl groups is 1. The van der Waals surface area contributed by atoms with Crippen LogP contribution in [0.5, 0.6) is 5.75 Å². The third kappa shape index (κ3) is 1.16. The van der Waals surface area contributed by atoms with Gasteiger partial charge in [-0.3, -0.25) is 4.79 Å². The molecule has 0 saturated carbocycles. The molecular formula is C8H5NO4S. The van der Waals surface area contributed by atoms with Crippen LogP contribution in [0.4, 0.5) is 0 Å². The second kappa shape index (κ2) is 2.85. The summed E-state index contributed by atoms with van der Waals surface area (Å²) < 4.78 is 0.539. The first-order chi connectivity index (χ1) is 6.59. The number of carboxylic acid groups (broad SMARTS) is 1. The number of phenols is 1. The van der Waals surface area contributed by atoms with Crippen LogP contribution in [0, 0.1) is 0 Å². The molecule has 72 valence electrons. The van der Waals surface area contributed by atoms with Crippen molar-refractivity contribution in [3.8, 4) is 5.75 Å². The van der Waals surface area contributed by atoms with E-state index in [1.54, 1.807) is 0 Å². The van der Waals surface area contributed by atoms with Gasteiger partial charge in [0, 0.05) is 0 Å². The molecule has 5 nitrogen and oxygen atoms in total. The Hall–Kier alpha value is -1.82. The minimum absolute atomic E-state index is 0.180. The number of carbonyl (C=O) groups is 1. The van der Waals surface area contributed by atoms with Crippen LogP contribution in [0.1, 0.15) is 10.4 Å². The minimum Gasteiger partial charge on any atom is -0.505 e. The van der Waals surface area contributed by atoms with Crippen molar-refractivity contribution in [2.24, 2.45) is 0 Å². The van der Waals surface area contributed by atoms with Crippen LogP contribution in [0.25, 0.3) is 10.2 Å². The number of H-pyrrole nitrogens is 1. The number of hydrogen-bond acceptors (Lipinski definition) is 4. The topological polar surface area (TPSA) is 90.4 Å². The third-order valence-corrected chi connectivity index (χ3v) is 2.65. The molecule has 0 aliphatic rings. The van der Waals surface area contributed by atoms with Crippen molar-refractivity contribution < 1.29 is 15.0 Å². The first kappa shape index (κ1) is 8.76. The second-order valence-corrected chi connectivity index (χ2v) is 3.67. The van der Waals surface area contributed by atoms with E-state index in [-0.39, 0.29) is 16.0 Å². The number of carboxylic acids is 1. The van der Waals surface area contributed by atoms with Crippen LogP contribution in [-0.4, -0.2) is 21.2 Å². The Bertz CT molecular complexity index is 568. The maximum absolute atomic E-state index is 10.9. The molecule has 2 rings (SSSR count). The molecule has 3 N–H and O–H groups in total. The molecular weight excluding hydrogens is 206 g/mol. The second-order valence-electron chi connectivity index (χ2n) is 2.65. The average Bonchev–Trinajstić information content (AvgIpc) is 2.46. The molecule has 1 aromatic heterocycles. The molecule has 0 atom stereocenters. The molecule has 0 aliphatic heterocycles. The number of thiazole rings is 1. The summed E-state index contributed by atoms with van der Waals surface area (Å²) in [6, 6.07) is 2.75. The largest absolute Gasteiger partial charge is 0.505 e. The number of nitrogens with one attached hydrogen (secondary N) is 1. The van der Waals surface area contributed by atoms with Gasteiger partial charge in [-0.2, -0.15) is 0 Å². The van der Waals surface area contributed by atoms with Gasteiger partial charge >= 0.3 is 10.8 Å². The van der Waals surface area contributed by atoms with E-state index in [2.05, 4.69) is 4.98 Å². The molecule has 6 heteroatoms. The summed E-state index contributed by atoms with van der Waals surface area (Å²) in [6.07, 6.45) is 0. The highest BCUT2D eigenvalue weighted by molar-refractivity contribution is 7.16. The van der Waals surface area contributed by atoms with Gasteiger partial charge in [-0.25, -0.2) is 4.79 Å². The number of aromatic amines is 1. The number of fused-ring (bicyclic) bond motifs is 1. The van der Waals surface area contributed by atoms with Crippen molar-refractivity contribution in [2.45, 2.75) is 0 Å². The van der Waals surface area contributed by atoms with E-state index in [0.29, 0.717) is 4.70 Å². The number of hydrogen-bond donors (Lipinski definition) is 3. The summed E-state index contributed by atoms with van der Waals surface area (Å²) in [5.41, 5.74) is -0.0357. The number of aromatic nitrogens is 1. The summed E-state index contributed by atoms with van der Waals surface area (Å²) in [4.78, 5) is 23.6. The zero-order chi connectivity index (χ0) is 10.3. The molecule has 14 heavy (non-hydrogen) atoms. The molecule has 2 aromatic rings. The third-order valence-electron chi connectivity index (χ3n) is 1.80. The molecule has 0 amide bonds. The van der Waals surface area contributed by atoms with Crippen LogP contribution >= 0.6 is 11.3 Å². The lowest BCUT2D eigenvalue weighted by Crippen LogP contribution is -1.97. The summed E-state index contributed by atoms with van der Waals surface area (Å²) >= 11 is 0.923. The van der Waals surface area contributed by atoms with Gasteiger partial charge in [-0.15, -0.1) is 0 Å². The first-order valence-electron chi connectivity index (χ1n) is 3.67. The normalized spacial score (nSPS) is 10.6. The summed E-state index contributed by atoms with van der Waals surface area (Å²) in [7, 11) is 0. The van der Waals surface area contributed by atoms with Gasteiger partial charge in [0.25, 0.3) is 0 Å². The van der Waals surface area contributed by atoms with Gasteiger partial charge in [0.1, 0.15) is 11.1 Å². The number of rotatable bonds is 1. The van der Waals surface area contributed by atoms with E-state index in [0.717, 1.165) is 11.3 Å². The van der Waals surface area contributed by atoms with E-state index in [9.17, 15) is 14.7 Å². The maximum atomic E-state index is 10.9. The Balaban J connectivity index is 2.87. The Morgan fingerprint density at radius 2 is 2.14 bits per heavy atom. The smallest absolute Gasteiger partial charge is 0.339 e. The van der Waals surface area contributed by atoms with Crippen molar-refractivity contribution in [3.05, 3.63) is 27.4 Å². The van der Waals surface area contributed by atoms with Gasteiger partial charge in [-0.1, -0.05) is 11.3 Å². The Morgan fingerprint density at radius 1 is 1.43 bits per heavy atom. The van der Waals surface area contributed by atoms with Crippen molar-refractivity contribution in [1.29, 1.82) is 0 Å². The molecule has 0 saturated heterocycles. The van der Waals surface area contributed by atoms with Crippen molar-refractivity contribution in [2.75, 3.05) is 0 Å². The van der Waals surface area contributed by atoms with Gasteiger partial charge in [0.2, 0.25) is 0 Å². The van der Waals surface area contributed by atoms with Crippen LogP contribution < -0.4 is 4.87 Å². The van der Waals surface area contributed by atoms with Crippen LogP contribution in [0.3, 0.4) is 0 Å². The van der Waals surface area contributed by atoms with E-state index in [1.807, 2.05) is 0 Å². The molecule has 0 unspecified atom stereocenters. The Kier molecular flexibility index (Phi) is 1.78. The van der Waals surface area contributed by atoms with Crippen molar-refractivity contribution in [1.82, 2.24) is 4.98 Å². The number of aromatic carboxylic acids is 1. The van der Waals surface area contributed by atoms with E-state index in [1.165, 1.54) is 12.1 Å². The van der Waals surface area contributed by atoms with Crippen LogP contribution in [0.2, 0.25) is 0 Å². The summed E-state index contributed by atoms with van der Waals surface area (Å²) in [6.45, 7) is 0. The summed E-state index contributed by atoms with van der Waals surface area (Å²) in [5.74, 6) is -1.62. The lowest BCUT2D eigenvalue weighted by molar-refractivity contribution is 0.0694.